The van der Waals surface area contributed by atoms with Gasteiger partial charge in [0, 0.05) is 38.2 Å². The van der Waals surface area contributed by atoms with Crippen molar-refractivity contribution < 1.29 is 27.1 Å². The largest absolute Gasteiger partial charge is 0.500 e. The van der Waals surface area contributed by atoms with Crippen molar-refractivity contribution >= 4 is 11.5 Å². The molecule has 2 aliphatic heterocycles. The topological polar surface area (TPSA) is 44.8 Å². The summed E-state index contributed by atoms with van der Waals surface area (Å²) in [5.74, 6) is 0.237. The molecule has 0 amide bonds. The average Bonchev–Trinajstić information content (AvgIpc) is 3.41. The van der Waals surface area contributed by atoms with Gasteiger partial charge in [0.1, 0.15) is 0 Å². The highest BCUT2D eigenvalue weighted by atomic mass is 19.4. The van der Waals surface area contributed by atoms with Crippen molar-refractivity contribution in [2.75, 3.05) is 50.8 Å². The van der Waals surface area contributed by atoms with Gasteiger partial charge in [-0.15, -0.1) is 0 Å². The minimum atomic E-state index is -4.69. The summed E-state index contributed by atoms with van der Waals surface area (Å²) in [7, 11) is 0. The maximum Gasteiger partial charge on any atom is 0.419 e. The van der Waals surface area contributed by atoms with E-state index in [0.29, 0.717) is 38.0 Å². The Morgan fingerprint density at radius 2 is 1.81 bits per heavy atom. The van der Waals surface area contributed by atoms with Gasteiger partial charge in [-0.25, -0.2) is 4.39 Å². The third-order valence-corrected chi connectivity index (χ3v) is 7.95. The van der Waals surface area contributed by atoms with Crippen molar-refractivity contribution in [2.45, 2.75) is 57.7 Å². The Hall–Kier alpha value is -2.13. The number of anilines is 1. The molecule has 2 heterocycles. The number of nitrogens with one attached hydrogen (secondary N) is 1. The summed E-state index contributed by atoms with van der Waals surface area (Å²) in [5.41, 5.74) is -0.379. The Balaban J connectivity index is 1.14. The molecule has 36 heavy (non-hydrogen) atoms. The Morgan fingerprint density at radius 3 is 2.44 bits per heavy atom. The standard InChI is InChI=1S/C27H37F4N3O2/c1-19(26(35)22-10-16-36-18-22)32-17-21-7-5-20(6-8-21)9-11-33-12-14-34(15-13-33)24-4-2-3-23(25(24)28)27(29,30)31/h2-4,18-21,32H,5-17H2,1H3. The number of rotatable bonds is 9. The molecule has 4 rings (SSSR count). The number of hydrogen-bond donors (Lipinski definition) is 1. The van der Waals surface area contributed by atoms with Gasteiger partial charge >= 0.3 is 6.18 Å². The molecular formula is C27H37F4N3O2. The van der Waals surface area contributed by atoms with Crippen LogP contribution in [0.25, 0.3) is 0 Å². The zero-order valence-electron chi connectivity index (χ0n) is 21.0. The normalized spacial score (nSPS) is 24.4. The smallest absolute Gasteiger partial charge is 0.419 e. The first kappa shape index (κ1) is 26.9. The molecule has 0 aromatic heterocycles. The molecule has 1 saturated carbocycles. The van der Waals surface area contributed by atoms with E-state index < -0.39 is 17.6 Å². The molecule has 0 bridgehead atoms. The molecule has 9 heteroatoms. The quantitative estimate of drug-likeness (QED) is 0.472. The zero-order valence-corrected chi connectivity index (χ0v) is 21.0. The molecule has 1 saturated heterocycles. The van der Waals surface area contributed by atoms with E-state index in [2.05, 4.69) is 10.2 Å². The Kier molecular flexibility index (Phi) is 8.93. The number of carbonyl (C=O) groups is 1. The van der Waals surface area contributed by atoms with Gasteiger partial charge in [0.25, 0.3) is 0 Å². The van der Waals surface area contributed by atoms with Crippen LogP contribution in [0.2, 0.25) is 0 Å². The lowest BCUT2D eigenvalue weighted by Gasteiger charge is -2.37. The van der Waals surface area contributed by atoms with Gasteiger partial charge in [0.05, 0.1) is 30.2 Å². The van der Waals surface area contributed by atoms with Crippen LogP contribution in [-0.2, 0) is 15.7 Å². The van der Waals surface area contributed by atoms with Crippen LogP contribution in [0.15, 0.2) is 30.0 Å². The van der Waals surface area contributed by atoms with Crippen molar-refractivity contribution in [2.24, 2.45) is 11.8 Å². The highest BCUT2D eigenvalue weighted by Crippen LogP contribution is 2.35. The molecule has 1 atom stereocenters. The Bertz CT molecular complexity index is 920. The highest BCUT2D eigenvalue weighted by Gasteiger charge is 2.36. The van der Waals surface area contributed by atoms with E-state index in [1.54, 1.807) is 11.2 Å². The lowest BCUT2D eigenvalue weighted by molar-refractivity contribution is -0.139. The maximum absolute atomic E-state index is 14.5. The first-order valence-corrected chi connectivity index (χ1v) is 13.1. The second-order valence-corrected chi connectivity index (χ2v) is 10.4. The first-order valence-electron chi connectivity index (χ1n) is 13.1. The number of carbonyl (C=O) groups excluding carboxylic acids is 1. The molecule has 1 unspecified atom stereocenters. The second-order valence-electron chi connectivity index (χ2n) is 10.4. The van der Waals surface area contributed by atoms with Crippen molar-refractivity contribution in [3.8, 4) is 0 Å². The average molecular weight is 512 g/mol. The fourth-order valence-electron chi connectivity index (χ4n) is 5.57. The number of ketones is 1. The van der Waals surface area contributed by atoms with Gasteiger partial charge in [-0.1, -0.05) is 18.9 Å². The van der Waals surface area contributed by atoms with E-state index in [0.717, 1.165) is 57.1 Å². The highest BCUT2D eigenvalue weighted by molar-refractivity contribution is 5.99. The van der Waals surface area contributed by atoms with Crippen LogP contribution >= 0.6 is 0 Å². The van der Waals surface area contributed by atoms with Gasteiger partial charge < -0.3 is 15.0 Å². The minimum Gasteiger partial charge on any atom is -0.500 e. The van der Waals surface area contributed by atoms with Crippen LogP contribution in [0.1, 0.15) is 51.0 Å². The number of alkyl halides is 3. The Morgan fingerprint density at radius 1 is 1.11 bits per heavy atom. The van der Waals surface area contributed by atoms with E-state index in [9.17, 15) is 22.4 Å². The molecule has 1 aliphatic carbocycles. The van der Waals surface area contributed by atoms with Gasteiger partial charge in [-0.2, -0.15) is 13.2 Å². The summed E-state index contributed by atoms with van der Waals surface area (Å²) in [4.78, 5) is 16.5. The molecule has 0 spiro atoms. The minimum absolute atomic E-state index is 0.0423. The van der Waals surface area contributed by atoms with E-state index >= 15 is 0 Å². The van der Waals surface area contributed by atoms with Crippen LogP contribution in [-0.4, -0.2) is 62.6 Å². The zero-order chi connectivity index (χ0) is 25.7. The summed E-state index contributed by atoms with van der Waals surface area (Å²) in [5, 5.41) is 3.41. The molecule has 1 aromatic rings. The third kappa shape index (κ3) is 6.79. The number of hydrogen-bond acceptors (Lipinski definition) is 5. The molecule has 3 aliphatic rings. The van der Waals surface area contributed by atoms with Crippen LogP contribution in [0.5, 0.6) is 0 Å². The van der Waals surface area contributed by atoms with Crippen LogP contribution in [0.3, 0.4) is 0 Å². The lowest BCUT2D eigenvalue weighted by Crippen LogP contribution is -2.47. The van der Waals surface area contributed by atoms with E-state index in [1.807, 2.05) is 6.92 Å². The molecule has 2 fully saturated rings. The fourth-order valence-corrected chi connectivity index (χ4v) is 5.57. The monoisotopic (exact) mass is 511 g/mol. The number of ether oxygens (including phenoxy) is 1. The van der Waals surface area contributed by atoms with Gasteiger partial charge in [0.15, 0.2) is 11.6 Å². The van der Waals surface area contributed by atoms with Crippen LogP contribution in [0, 0.1) is 17.7 Å². The van der Waals surface area contributed by atoms with Crippen molar-refractivity contribution in [3.63, 3.8) is 0 Å². The summed E-state index contributed by atoms with van der Waals surface area (Å²) in [6.07, 6.45) is 3.41. The first-order chi connectivity index (χ1) is 17.2. The predicted octanol–water partition coefficient (Wildman–Crippen LogP) is 5.01. The summed E-state index contributed by atoms with van der Waals surface area (Å²) < 4.78 is 58.8. The van der Waals surface area contributed by atoms with Crippen molar-refractivity contribution in [1.82, 2.24) is 10.2 Å². The van der Waals surface area contributed by atoms with Crippen molar-refractivity contribution in [1.29, 1.82) is 0 Å². The predicted molar refractivity (Wildman–Crippen MR) is 131 cm³/mol. The SMILES string of the molecule is CC(NCC1CCC(CCN2CCN(c3cccc(C(F)(F)F)c3F)CC2)CC1)C(=O)C1=COCC1. The van der Waals surface area contributed by atoms with Crippen LogP contribution in [0.4, 0.5) is 23.2 Å². The summed E-state index contributed by atoms with van der Waals surface area (Å²) in [6.45, 7) is 6.85. The van der Waals surface area contributed by atoms with E-state index in [1.165, 1.54) is 25.0 Å². The number of piperazine rings is 1. The number of halogens is 4. The molecule has 0 radical (unpaired) electrons. The van der Waals surface area contributed by atoms with Gasteiger partial charge in [-0.05, 0) is 63.2 Å². The number of benzene rings is 1. The fraction of sp³-hybridized carbons (Fsp3) is 0.667. The summed E-state index contributed by atoms with van der Waals surface area (Å²) >= 11 is 0. The summed E-state index contributed by atoms with van der Waals surface area (Å²) in [6, 6.07) is 3.33. The molecule has 200 valence electrons. The Labute approximate surface area is 210 Å². The molecule has 1 aromatic carbocycles. The molecule has 1 N–H and O–H groups in total. The lowest BCUT2D eigenvalue weighted by atomic mass is 9.80. The third-order valence-electron chi connectivity index (χ3n) is 7.95. The van der Waals surface area contributed by atoms with E-state index in [-0.39, 0.29) is 17.5 Å². The van der Waals surface area contributed by atoms with Crippen LogP contribution < -0.4 is 10.2 Å². The maximum atomic E-state index is 14.5. The molecular weight excluding hydrogens is 474 g/mol. The van der Waals surface area contributed by atoms with Crippen molar-refractivity contribution in [3.05, 3.63) is 41.4 Å². The van der Waals surface area contributed by atoms with E-state index in [4.69, 9.17) is 4.74 Å². The van der Waals surface area contributed by atoms with Gasteiger partial charge in [0.2, 0.25) is 0 Å². The van der Waals surface area contributed by atoms with Gasteiger partial charge in [-0.3, -0.25) is 9.69 Å². The molecule has 5 nitrogen and oxygen atoms in total. The number of nitrogens with zero attached hydrogens (tertiary/aromatic N) is 2. The second kappa shape index (κ2) is 11.9. The number of Topliss-reactive ketones (excluding diaryl/α,β-unsaturated/α-hetero) is 1.